The fourth-order valence-electron chi connectivity index (χ4n) is 1.94. The Morgan fingerprint density at radius 2 is 1.94 bits per heavy atom. The molecule has 102 valence electrons. The molecule has 2 nitrogen and oxygen atoms in total. The number of benzene rings is 1. The van der Waals surface area contributed by atoms with Gasteiger partial charge in [-0.1, -0.05) is 35.0 Å². The Kier molecular flexibility index (Phi) is 8.31. The molecule has 1 unspecified atom stereocenters. The zero-order chi connectivity index (χ0) is 13.2. The lowest BCUT2D eigenvalue weighted by atomic mass is 9.96. The standard InChI is InChI=1S/C15H24BrNO/c1-3-10-17-12-14(9-11-18-4-2)13-5-7-15(16)8-6-13/h5-8,14,17H,3-4,9-12H2,1-2H3. The lowest BCUT2D eigenvalue weighted by Gasteiger charge is -2.18. The van der Waals surface area contributed by atoms with E-state index in [4.69, 9.17) is 4.74 Å². The largest absolute Gasteiger partial charge is 0.382 e. The van der Waals surface area contributed by atoms with E-state index in [1.807, 2.05) is 6.92 Å². The summed E-state index contributed by atoms with van der Waals surface area (Å²) in [5.41, 5.74) is 1.39. The number of rotatable bonds is 9. The highest BCUT2D eigenvalue weighted by atomic mass is 79.9. The van der Waals surface area contributed by atoms with Gasteiger partial charge in [-0.25, -0.2) is 0 Å². The molecular formula is C15H24BrNO. The molecule has 0 radical (unpaired) electrons. The van der Waals surface area contributed by atoms with Crippen molar-refractivity contribution in [3.05, 3.63) is 34.3 Å². The number of hydrogen-bond donors (Lipinski definition) is 1. The third kappa shape index (κ3) is 5.98. The highest BCUT2D eigenvalue weighted by Crippen LogP contribution is 2.21. The molecule has 3 heteroatoms. The van der Waals surface area contributed by atoms with Gasteiger partial charge in [0.15, 0.2) is 0 Å². The summed E-state index contributed by atoms with van der Waals surface area (Å²) in [6, 6.07) is 8.63. The van der Waals surface area contributed by atoms with Crippen LogP contribution in [-0.4, -0.2) is 26.3 Å². The van der Waals surface area contributed by atoms with Gasteiger partial charge in [-0.05, 0) is 49.9 Å². The molecule has 0 heterocycles. The molecule has 18 heavy (non-hydrogen) atoms. The van der Waals surface area contributed by atoms with Gasteiger partial charge in [0.2, 0.25) is 0 Å². The molecule has 1 aromatic carbocycles. The Labute approximate surface area is 119 Å². The summed E-state index contributed by atoms with van der Waals surface area (Å²) >= 11 is 3.48. The fraction of sp³-hybridized carbons (Fsp3) is 0.600. The van der Waals surface area contributed by atoms with E-state index < -0.39 is 0 Å². The van der Waals surface area contributed by atoms with Crippen LogP contribution in [0.15, 0.2) is 28.7 Å². The summed E-state index contributed by atoms with van der Waals surface area (Å²) in [6.07, 6.45) is 2.25. The molecule has 1 aromatic rings. The van der Waals surface area contributed by atoms with Crippen LogP contribution in [0.4, 0.5) is 0 Å². The average Bonchev–Trinajstić information content (AvgIpc) is 2.38. The lowest BCUT2D eigenvalue weighted by Crippen LogP contribution is -2.23. The SMILES string of the molecule is CCCNCC(CCOCC)c1ccc(Br)cc1. The third-order valence-electron chi connectivity index (χ3n) is 2.97. The van der Waals surface area contributed by atoms with Gasteiger partial charge in [-0.3, -0.25) is 0 Å². The maximum absolute atomic E-state index is 5.48. The smallest absolute Gasteiger partial charge is 0.0472 e. The molecule has 1 rings (SSSR count). The predicted molar refractivity (Wildman–Crippen MR) is 81.2 cm³/mol. The number of nitrogens with one attached hydrogen (secondary N) is 1. The molecule has 0 bridgehead atoms. The third-order valence-corrected chi connectivity index (χ3v) is 3.50. The van der Waals surface area contributed by atoms with E-state index in [1.165, 1.54) is 12.0 Å². The molecular weight excluding hydrogens is 290 g/mol. The van der Waals surface area contributed by atoms with Crippen molar-refractivity contribution < 1.29 is 4.74 Å². The highest BCUT2D eigenvalue weighted by molar-refractivity contribution is 9.10. The van der Waals surface area contributed by atoms with Crippen molar-refractivity contribution in [3.8, 4) is 0 Å². The van der Waals surface area contributed by atoms with Gasteiger partial charge in [0.1, 0.15) is 0 Å². The molecule has 1 atom stereocenters. The van der Waals surface area contributed by atoms with Gasteiger partial charge in [0, 0.05) is 24.2 Å². The number of hydrogen-bond acceptors (Lipinski definition) is 2. The van der Waals surface area contributed by atoms with Gasteiger partial charge in [-0.15, -0.1) is 0 Å². The topological polar surface area (TPSA) is 21.3 Å². The quantitative estimate of drug-likeness (QED) is 0.697. The molecule has 0 spiro atoms. The second-order valence-electron chi connectivity index (χ2n) is 4.44. The predicted octanol–water partition coefficient (Wildman–Crippen LogP) is 3.96. The van der Waals surface area contributed by atoms with Gasteiger partial charge in [-0.2, -0.15) is 0 Å². The molecule has 0 fully saturated rings. The zero-order valence-corrected chi connectivity index (χ0v) is 13.0. The number of halogens is 1. The normalized spacial score (nSPS) is 12.6. The Morgan fingerprint density at radius 3 is 2.56 bits per heavy atom. The van der Waals surface area contributed by atoms with Crippen LogP contribution in [0.1, 0.15) is 38.2 Å². The fourth-order valence-corrected chi connectivity index (χ4v) is 2.21. The summed E-state index contributed by atoms with van der Waals surface area (Å²) in [4.78, 5) is 0. The average molecular weight is 314 g/mol. The first-order valence-electron chi connectivity index (χ1n) is 6.81. The van der Waals surface area contributed by atoms with Crippen LogP contribution in [0.2, 0.25) is 0 Å². The van der Waals surface area contributed by atoms with Gasteiger partial charge < -0.3 is 10.1 Å². The monoisotopic (exact) mass is 313 g/mol. The van der Waals surface area contributed by atoms with Crippen molar-refractivity contribution in [3.63, 3.8) is 0 Å². The van der Waals surface area contributed by atoms with Crippen LogP contribution < -0.4 is 5.32 Å². The molecule has 0 aromatic heterocycles. The summed E-state index contributed by atoms with van der Waals surface area (Å²) in [5.74, 6) is 0.538. The molecule has 0 aliphatic rings. The molecule has 0 amide bonds. The van der Waals surface area contributed by atoms with E-state index in [9.17, 15) is 0 Å². The van der Waals surface area contributed by atoms with Crippen molar-refractivity contribution in [2.75, 3.05) is 26.3 Å². The maximum atomic E-state index is 5.48. The van der Waals surface area contributed by atoms with Crippen molar-refractivity contribution in [1.29, 1.82) is 0 Å². The zero-order valence-electron chi connectivity index (χ0n) is 11.4. The van der Waals surface area contributed by atoms with Crippen LogP contribution >= 0.6 is 15.9 Å². The van der Waals surface area contributed by atoms with E-state index in [0.717, 1.165) is 37.2 Å². The van der Waals surface area contributed by atoms with Crippen LogP contribution in [0, 0.1) is 0 Å². The lowest BCUT2D eigenvalue weighted by molar-refractivity contribution is 0.139. The first kappa shape index (κ1) is 15.7. The first-order chi connectivity index (χ1) is 8.77. The van der Waals surface area contributed by atoms with Crippen molar-refractivity contribution in [2.24, 2.45) is 0 Å². The van der Waals surface area contributed by atoms with Gasteiger partial charge >= 0.3 is 0 Å². The van der Waals surface area contributed by atoms with Crippen LogP contribution in [-0.2, 0) is 4.74 Å². The van der Waals surface area contributed by atoms with E-state index in [2.05, 4.69) is 52.4 Å². The molecule has 0 saturated heterocycles. The van der Waals surface area contributed by atoms with Gasteiger partial charge in [0.25, 0.3) is 0 Å². The Morgan fingerprint density at radius 1 is 1.22 bits per heavy atom. The summed E-state index contributed by atoms with van der Waals surface area (Å²) in [6.45, 7) is 8.00. The van der Waals surface area contributed by atoms with E-state index in [0.29, 0.717) is 5.92 Å². The van der Waals surface area contributed by atoms with Gasteiger partial charge in [0.05, 0.1) is 0 Å². The maximum Gasteiger partial charge on any atom is 0.0472 e. The van der Waals surface area contributed by atoms with Crippen LogP contribution in [0.5, 0.6) is 0 Å². The van der Waals surface area contributed by atoms with Crippen LogP contribution in [0.3, 0.4) is 0 Å². The molecule has 1 N–H and O–H groups in total. The van der Waals surface area contributed by atoms with Crippen molar-refractivity contribution in [1.82, 2.24) is 5.32 Å². The summed E-state index contributed by atoms with van der Waals surface area (Å²) in [5, 5.41) is 3.51. The molecule has 0 aliphatic carbocycles. The minimum absolute atomic E-state index is 0.538. The van der Waals surface area contributed by atoms with Crippen LogP contribution in [0.25, 0.3) is 0 Å². The Bertz CT molecular complexity index is 303. The van der Waals surface area contributed by atoms with E-state index >= 15 is 0 Å². The molecule has 0 aliphatic heterocycles. The first-order valence-corrected chi connectivity index (χ1v) is 7.61. The Balaban J connectivity index is 2.54. The summed E-state index contributed by atoms with van der Waals surface area (Å²) in [7, 11) is 0. The Hall–Kier alpha value is -0.380. The minimum atomic E-state index is 0.538. The molecule has 0 saturated carbocycles. The summed E-state index contributed by atoms with van der Waals surface area (Å²) < 4.78 is 6.61. The number of ether oxygens (including phenoxy) is 1. The van der Waals surface area contributed by atoms with E-state index in [-0.39, 0.29) is 0 Å². The minimum Gasteiger partial charge on any atom is -0.382 e. The second kappa shape index (κ2) is 9.54. The van der Waals surface area contributed by atoms with Crippen molar-refractivity contribution >= 4 is 15.9 Å². The van der Waals surface area contributed by atoms with E-state index in [1.54, 1.807) is 0 Å². The van der Waals surface area contributed by atoms with Crippen molar-refractivity contribution in [2.45, 2.75) is 32.6 Å². The second-order valence-corrected chi connectivity index (χ2v) is 5.35. The highest BCUT2D eigenvalue weighted by Gasteiger charge is 2.10.